The SMILES string of the molecule is CNC(=O)c1c(-c2ccc(F)cc2)oc2ccc(-c3cc(C(=O)N(c4ncc(C)o4)C4CC4)ccc3C)cc12. The van der Waals surface area contributed by atoms with Crippen LogP contribution >= 0.6 is 0 Å². The quantitative estimate of drug-likeness (QED) is 0.268. The highest BCUT2D eigenvalue weighted by Gasteiger charge is 2.37. The van der Waals surface area contributed by atoms with Crippen LogP contribution in [0.4, 0.5) is 10.4 Å². The smallest absolute Gasteiger partial charge is 0.304 e. The number of aryl methyl sites for hydroxylation is 2. The van der Waals surface area contributed by atoms with Gasteiger partial charge < -0.3 is 14.2 Å². The van der Waals surface area contributed by atoms with Crippen LogP contribution in [0.1, 0.15) is 44.9 Å². The summed E-state index contributed by atoms with van der Waals surface area (Å²) in [5.74, 6) is 0.153. The third-order valence-corrected chi connectivity index (χ3v) is 6.99. The molecule has 6 rings (SSSR count). The molecular weight excluding hydrogens is 497 g/mol. The van der Waals surface area contributed by atoms with Crippen LogP contribution in [0.2, 0.25) is 0 Å². The molecule has 8 heteroatoms. The number of hydrogen-bond donors (Lipinski definition) is 1. The molecular formula is C31H26FN3O4. The maximum atomic E-state index is 13.6. The van der Waals surface area contributed by atoms with Gasteiger partial charge in [-0.3, -0.25) is 14.5 Å². The monoisotopic (exact) mass is 523 g/mol. The van der Waals surface area contributed by atoms with Crippen LogP contribution in [0, 0.1) is 19.7 Å². The number of nitrogens with zero attached hydrogens (tertiary/aromatic N) is 2. The summed E-state index contributed by atoms with van der Waals surface area (Å²) < 4.78 is 25.3. The van der Waals surface area contributed by atoms with E-state index in [1.807, 2.05) is 43.3 Å². The van der Waals surface area contributed by atoms with Crippen molar-refractivity contribution in [1.29, 1.82) is 0 Å². The largest absolute Gasteiger partial charge is 0.455 e. The van der Waals surface area contributed by atoms with Crippen LogP contribution in [0.3, 0.4) is 0 Å². The highest BCUT2D eigenvalue weighted by Crippen LogP contribution is 2.38. The standard InChI is InChI=1S/C31H26FN3O4/c1-17-4-5-21(30(37)35(23-11-12-23)31-34-16-18(2)38-31)15-24(17)20-8-13-26-25(14-20)27(29(36)33-3)28(39-26)19-6-9-22(32)10-7-19/h4-10,13-16,23H,11-12H2,1-3H3,(H,33,36). The van der Waals surface area contributed by atoms with Crippen molar-refractivity contribution in [2.45, 2.75) is 32.7 Å². The van der Waals surface area contributed by atoms with Crippen LogP contribution in [0.25, 0.3) is 33.4 Å². The molecule has 1 aliphatic carbocycles. The van der Waals surface area contributed by atoms with Crippen molar-refractivity contribution in [3.8, 4) is 22.5 Å². The Morgan fingerprint density at radius 2 is 1.72 bits per heavy atom. The second-order valence-corrected chi connectivity index (χ2v) is 9.79. The Morgan fingerprint density at radius 3 is 2.38 bits per heavy atom. The Morgan fingerprint density at radius 1 is 0.974 bits per heavy atom. The molecule has 1 aliphatic rings. The van der Waals surface area contributed by atoms with E-state index < -0.39 is 0 Å². The first kappa shape index (κ1) is 24.6. The van der Waals surface area contributed by atoms with Crippen molar-refractivity contribution in [3.63, 3.8) is 0 Å². The number of hydrogen-bond acceptors (Lipinski definition) is 5. The molecule has 1 N–H and O–H groups in total. The minimum absolute atomic E-state index is 0.0718. The first-order chi connectivity index (χ1) is 18.8. The normalized spacial score (nSPS) is 13.0. The second kappa shape index (κ2) is 9.54. The fourth-order valence-corrected chi connectivity index (χ4v) is 4.82. The van der Waals surface area contributed by atoms with E-state index in [0.717, 1.165) is 29.5 Å². The molecule has 7 nitrogen and oxygen atoms in total. The third-order valence-electron chi connectivity index (χ3n) is 6.99. The second-order valence-electron chi connectivity index (χ2n) is 9.79. The third kappa shape index (κ3) is 4.48. The van der Waals surface area contributed by atoms with Crippen LogP contribution < -0.4 is 10.2 Å². The molecule has 0 saturated heterocycles. The first-order valence-corrected chi connectivity index (χ1v) is 12.8. The molecule has 0 spiro atoms. The summed E-state index contributed by atoms with van der Waals surface area (Å²) in [6, 6.07) is 17.4. The predicted octanol–water partition coefficient (Wildman–Crippen LogP) is 6.68. The summed E-state index contributed by atoms with van der Waals surface area (Å²) in [5, 5.41) is 3.31. The Hall–Kier alpha value is -4.72. The number of oxazole rings is 1. The molecule has 0 aliphatic heterocycles. The van der Waals surface area contributed by atoms with Crippen LogP contribution in [-0.4, -0.2) is 29.9 Å². The first-order valence-electron chi connectivity index (χ1n) is 12.8. The lowest BCUT2D eigenvalue weighted by molar-refractivity contribution is 0.0961. The fraction of sp³-hybridized carbons (Fsp3) is 0.194. The molecule has 0 atom stereocenters. The summed E-state index contributed by atoms with van der Waals surface area (Å²) in [7, 11) is 1.56. The fourth-order valence-electron chi connectivity index (χ4n) is 4.82. The number of fused-ring (bicyclic) bond motifs is 1. The molecule has 39 heavy (non-hydrogen) atoms. The van der Waals surface area contributed by atoms with Gasteiger partial charge in [-0.1, -0.05) is 12.1 Å². The molecule has 1 fully saturated rings. The summed E-state index contributed by atoms with van der Waals surface area (Å²) in [5.41, 5.74) is 4.67. The average Bonchev–Trinajstić information content (AvgIpc) is 3.56. The number of carbonyl (C=O) groups is 2. The molecule has 2 aromatic heterocycles. The molecule has 1 saturated carbocycles. The predicted molar refractivity (Wildman–Crippen MR) is 146 cm³/mol. The van der Waals surface area contributed by atoms with Crippen LogP contribution in [0.15, 0.2) is 75.7 Å². The van der Waals surface area contributed by atoms with Crippen molar-refractivity contribution >= 4 is 28.8 Å². The van der Waals surface area contributed by atoms with Gasteiger partial charge in [0.2, 0.25) is 0 Å². The van der Waals surface area contributed by atoms with E-state index in [2.05, 4.69) is 10.3 Å². The van der Waals surface area contributed by atoms with Gasteiger partial charge in [0.05, 0.1) is 11.8 Å². The van der Waals surface area contributed by atoms with E-state index in [-0.39, 0.29) is 23.7 Å². The lowest BCUT2D eigenvalue weighted by Crippen LogP contribution is -2.33. The zero-order valence-corrected chi connectivity index (χ0v) is 21.7. The maximum Gasteiger partial charge on any atom is 0.304 e. The molecule has 2 amide bonds. The number of anilines is 1. The number of rotatable bonds is 6. The van der Waals surface area contributed by atoms with Crippen LogP contribution in [-0.2, 0) is 0 Å². The molecule has 196 valence electrons. The minimum Gasteiger partial charge on any atom is -0.455 e. The van der Waals surface area contributed by atoms with E-state index in [1.54, 1.807) is 37.2 Å². The number of amides is 2. The highest BCUT2D eigenvalue weighted by molar-refractivity contribution is 6.12. The van der Waals surface area contributed by atoms with Gasteiger partial charge in [0, 0.05) is 29.6 Å². The molecule has 5 aromatic rings. The number of carbonyl (C=O) groups excluding carboxylic acids is 2. The Bertz CT molecular complexity index is 1730. The van der Waals surface area contributed by atoms with Gasteiger partial charge in [-0.25, -0.2) is 9.37 Å². The van der Waals surface area contributed by atoms with Gasteiger partial charge >= 0.3 is 6.01 Å². The summed E-state index contributed by atoms with van der Waals surface area (Å²) in [6.07, 6.45) is 3.42. The molecule has 0 radical (unpaired) electrons. The minimum atomic E-state index is -0.373. The molecule has 0 bridgehead atoms. The van der Waals surface area contributed by atoms with Gasteiger partial charge in [0.15, 0.2) is 0 Å². The van der Waals surface area contributed by atoms with Crippen molar-refractivity contribution < 1.29 is 22.8 Å². The number of benzene rings is 3. The lowest BCUT2D eigenvalue weighted by atomic mass is 9.95. The molecule has 2 heterocycles. The van der Waals surface area contributed by atoms with Crippen molar-refractivity contribution in [2.75, 3.05) is 11.9 Å². The Balaban J connectivity index is 1.44. The van der Waals surface area contributed by atoms with Gasteiger partial charge in [-0.05, 0) is 91.9 Å². The van der Waals surface area contributed by atoms with Crippen LogP contribution in [0.5, 0.6) is 0 Å². The average molecular weight is 524 g/mol. The van der Waals surface area contributed by atoms with E-state index in [1.165, 1.54) is 12.1 Å². The summed E-state index contributed by atoms with van der Waals surface area (Å²) in [4.78, 5) is 32.5. The zero-order valence-electron chi connectivity index (χ0n) is 21.7. The van der Waals surface area contributed by atoms with Gasteiger partial charge in [0.1, 0.15) is 22.9 Å². The summed E-state index contributed by atoms with van der Waals surface area (Å²) >= 11 is 0. The summed E-state index contributed by atoms with van der Waals surface area (Å²) in [6.45, 7) is 3.78. The van der Waals surface area contributed by atoms with E-state index in [4.69, 9.17) is 8.83 Å². The van der Waals surface area contributed by atoms with Gasteiger partial charge in [-0.15, -0.1) is 0 Å². The number of aromatic nitrogens is 1. The maximum absolute atomic E-state index is 13.6. The number of nitrogens with one attached hydrogen (secondary N) is 1. The number of halogens is 1. The zero-order chi connectivity index (χ0) is 27.3. The molecule has 0 unspecified atom stereocenters. The van der Waals surface area contributed by atoms with Crippen molar-refractivity contribution in [2.24, 2.45) is 0 Å². The highest BCUT2D eigenvalue weighted by atomic mass is 19.1. The van der Waals surface area contributed by atoms with E-state index >= 15 is 0 Å². The molecule has 3 aromatic carbocycles. The topological polar surface area (TPSA) is 88.6 Å². The Kier molecular flexibility index (Phi) is 6.02. The number of furan rings is 1. The van der Waals surface area contributed by atoms with Crippen molar-refractivity contribution in [3.05, 3.63) is 95.1 Å². The lowest BCUT2D eigenvalue weighted by Gasteiger charge is -2.19. The van der Waals surface area contributed by atoms with Gasteiger partial charge in [-0.2, -0.15) is 0 Å². The van der Waals surface area contributed by atoms with E-state index in [0.29, 0.717) is 45.2 Å². The van der Waals surface area contributed by atoms with Crippen molar-refractivity contribution in [1.82, 2.24) is 10.3 Å². The van der Waals surface area contributed by atoms with Gasteiger partial charge in [0.25, 0.3) is 11.8 Å². The Labute approximate surface area is 224 Å². The van der Waals surface area contributed by atoms with E-state index in [9.17, 15) is 14.0 Å².